The van der Waals surface area contributed by atoms with Gasteiger partial charge in [-0.1, -0.05) is 29.3 Å². The molecule has 1 aliphatic heterocycles. The van der Waals surface area contributed by atoms with Gasteiger partial charge in [0.1, 0.15) is 11.6 Å². The highest BCUT2D eigenvalue weighted by Crippen LogP contribution is 2.39. The number of ether oxygens (including phenoxy) is 1. The van der Waals surface area contributed by atoms with Crippen LogP contribution in [0.3, 0.4) is 0 Å². The van der Waals surface area contributed by atoms with Gasteiger partial charge in [0.2, 0.25) is 0 Å². The Labute approximate surface area is 184 Å². The fraction of sp³-hybridized carbons (Fsp3) is 0.136. The Hall–Kier alpha value is -3.10. The van der Waals surface area contributed by atoms with Gasteiger partial charge in [-0.05, 0) is 61.5 Å². The number of carbonyl (C=O) groups is 1. The topological polar surface area (TPSA) is 75.7 Å². The number of amides is 1. The maximum atomic E-state index is 13.4. The van der Waals surface area contributed by atoms with Gasteiger partial charge in [-0.2, -0.15) is 0 Å². The molecule has 0 spiro atoms. The van der Waals surface area contributed by atoms with Gasteiger partial charge in [0.25, 0.3) is 15.9 Å². The Kier molecular flexibility index (Phi) is 5.60. The summed E-state index contributed by atoms with van der Waals surface area (Å²) in [5, 5.41) is 2.96. The molecule has 0 radical (unpaired) electrons. The van der Waals surface area contributed by atoms with E-state index in [0.29, 0.717) is 10.7 Å². The molecule has 3 aromatic carbocycles. The Morgan fingerprint density at radius 1 is 1.10 bits per heavy atom. The third-order valence-electron chi connectivity index (χ3n) is 4.80. The van der Waals surface area contributed by atoms with Gasteiger partial charge >= 0.3 is 0 Å². The van der Waals surface area contributed by atoms with Crippen molar-refractivity contribution in [3.63, 3.8) is 0 Å². The number of nitrogens with one attached hydrogen (secondary N) is 1. The Balaban J connectivity index is 1.69. The maximum absolute atomic E-state index is 13.4. The molecule has 0 bridgehead atoms. The number of nitrogens with zero attached hydrogens (tertiary/aromatic N) is 1. The number of sulfonamides is 1. The van der Waals surface area contributed by atoms with Crippen LogP contribution in [0.15, 0.2) is 71.6 Å². The average molecular weight is 461 g/mol. The van der Waals surface area contributed by atoms with Crippen molar-refractivity contribution in [1.82, 2.24) is 0 Å². The zero-order valence-electron chi connectivity index (χ0n) is 16.4. The van der Waals surface area contributed by atoms with Crippen LogP contribution in [0.1, 0.15) is 5.56 Å². The first-order valence-corrected chi connectivity index (χ1v) is 11.2. The second kappa shape index (κ2) is 8.20. The summed E-state index contributed by atoms with van der Waals surface area (Å²) in [7, 11) is -3.99. The van der Waals surface area contributed by atoms with E-state index in [1.165, 1.54) is 48.5 Å². The van der Waals surface area contributed by atoms with Gasteiger partial charge in [-0.15, -0.1) is 0 Å². The first-order valence-electron chi connectivity index (χ1n) is 9.36. The minimum atomic E-state index is -3.99. The van der Waals surface area contributed by atoms with E-state index in [0.717, 1.165) is 9.87 Å². The molecule has 1 N–H and O–H groups in total. The molecule has 3 aromatic rings. The van der Waals surface area contributed by atoms with Crippen LogP contribution < -0.4 is 14.4 Å². The van der Waals surface area contributed by atoms with E-state index < -0.39 is 27.9 Å². The third kappa shape index (κ3) is 4.35. The Morgan fingerprint density at radius 2 is 1.77 bits per heavy atom. The second-order valence-electron chi connectivity index (χ2n) is 7.06. The summed E-state index contributed by atoms with van der Waals surface area (Å²) in [6, 6.07) is 16.2. The molecule has 1 amide bonds. The fourth-order valence-corrected chi connectivity index (χ4v) is 4.82. The molecule has 6 nitrogen and oxygen atoms in total. The van der Waals surface area contributed by atoms with E-state index in [-0.39, 0.29) is 22.9 Å². The van der Waals surface area contributed by atoms with Gasteiger partial charge in [0.15, 0.2) is 6.10 Å². The summed E-state index contributed by atoms with van der Waals surface area (Å²) in [6.45, 7) is 1.60. The molecule has 0 unspecified atom stereocenters. The minimum Gasteiger partial charge on any atom is -0.476 e. The van der Waals surface area contributed by atoms with E-state index in [1.807, 2.05) is 6.92 Å². The van der Waals surface area contributed by atoms with Gasteiger partial charge in [-0.25, -0.2) is 12.8 Å². The van der Waals surface area contributed by atoms with Gasteiger partial charge in [0.05, 0.1) is 17.1 Å². The lowest BCUT2D eigenvalue weighted by molar-refractivity contribution is -0.122. The van der Waals surface area contributed by atoms with E-state index in [9.17, 15) is 17.6 Å². The zero-order valence-corrected chi connectivity index (χ0v) is 18.0. The lowest BCUT2D eigenvalue weighted by Crippen LogP contribution is -2.48. The monoisotopic (exact) mass is 460 g/mol. The van der Waals surface area contributed by atoms with E-state index in [2.05, 4.69) is 5.32 Å². The molecule has 0 aromatic heterocycles. The molecule has 0 fully saturated rings. The quantitative estimate of drug-likeness (QED) is 0.626. The molecule has 31 heavy (non-hydrogen) atoms. The van der Waals surface area contributed by atoms with Crippen molar-refractivity contribution in [2.45, 2.75) is 17.9 Å². The van der Waals surface area contributed by atoms with Gasteiger partial charge < -0.3 is 10.1 Å². The average Bonchev–Trinajstić information content (AvgIpc) is 2.74. The lowest BCUT2D eigenvalue weighted by Gasteiger charge is -2.34. The van der Waals surface area contributed by atoms with Crippen molar-refractivity contribution in [3.8, 4) is 5.75 Å². The molecule has 1 aliphatic rings. The Morgan fingerprint density at radius 3 is 2.45 bits per heavy atom. The van der Waals surface area contributed by atoms with Crippen molar-refractivity contribution in [3.05, 3.63) is 83.1 Å². The number of anilines is 2. The van der Waals surface area contributed by atoms with Gasteiger partial charge in [-0.3, -0.25) is 9.10 Å². The third-order valence-corrected chi connectivity index (χ3v) is 6.83. The van der Waals surface area contributed by atoms with E-state index in [4.69, 9.17) is 16.3 Å². The molecule has 1 atom stereocenters. The van der Waals surface area contributed by atoms with Crippen LogP contribution in [0.5, 0.6) is 5.75 Å². The first kappa shape index (κ1) is 21.1. The number of aryl methyl sites for hydroxylation is 1. The van der Waals surface area contributed by atoms with Crippen LogP contribution in [0, 0.1) is 12.7 Å². The van der Waals surface area contributed by atoms with Crippen molar-refractivity contribution in [2.24, 2.45) is 0 Å². The molecular weight excluding hydrogens is 443 g/mol. The van der Waals surface area contributed by atoms with Crippen LogP contribution in [0.2, 0.25) is 5.02 Å². The number of halogens is 2. The summed E-state index contributed by atoms with van der Waals surface area (Å²) >= 11 is 6.09. The normalized spacial score (nSPS) is 15.7. The number of fused-ring (bicyclic) bond motifs is 1. The molecule has 0 aliphatic carbocycles. The summed E-state index contributed by atoms with van der Waals surface area (Å²) in [6.07, 6.45) is -1.13. The van der Waals surface area contributed by atoms with Crippen molar-refractivity contribution < 1.29 is 22.3 Å². The molecule has 0 saturated carbocycles. The highest BCUT2D eigenvalue weighted by molar-refractivity contribution is 7.92. The summed E-state index contributed by atoms with van der Waals surface area (Å²) in [5.41, 5.74) is 1.53. The lowest BCUT2D eigenvalue weighted by atomic mass is 10.2. The number of hydrogen-bond acceptors (Lipinski definition) is 4. The SMILES string of the molecule is Cc1ccc(S(=O)(=O)N2C[C@H](C(=O)Nc3ccc(F)cc3)Oc3ccc(Cl)cc32)cc1. The Bertz CT molecular complexity index is 1230. The molecule has 0 saturated heterocycles. The minimum absolute atomic E-state index is 0.0867. The van der Waals surface area contributed by atoms with E-state index >= 15 is 0 Å². The molecule has 9 heteroatoms. The van der Waals surface area contributed by atoms with Crippen LogP contribution in [-0.2, 0) is 14.8 Å². The number of hydrogen-bond donors (Lipinski definition) is 1. The summed E-state index contributed by atoms with van der Waals surface area (Å²) < 4.78 is 46.8. The van der Waals surface area contributed by atoms with Crippen molar-refractivity contribution >= 4 is 38.9 Å². The number of carbonyl (C=O) groups excluding carboxylic acids is 1. The largest absolute Gasteiger partial charge is 0.476 e. The maximum Gasteiger partial charge on any atom is 0.267 e. The van der Waals surface area contributed by atoms with Crippen LogP contribution in [0.25, 0.3) is 0 Å². The number of rotatable bonds is 4. The predicted molar refractivity (Wildman–Crippen MR) is 117 cm³/mol. The zero-order chi connectivity index (χ0) is 22.2. The van der Waals surface area contributed by atoms with Crippen LogP contribution in [-0.4, -0.2) is 27.0 Å². The van der Waals surface area contributed by atoms with Crippen LogP contribution >= 0.6 is 11.6 Å². The standard InChI is InChI=1S/C22H18ClFN2O4S/c1-14-2-9-18(10-3-14)31(28,29)26-13-21(30-20-11-4-15(23)12-19(20)26)22(27)25-17-7-5-16(24)6-8-17/h2-12,21H,13H2,1H3,(H,25,27)/t21-/m1/s1. The predicted octanol–water partition coefficient (Wildman–Crippen LogP) is 4.38. The summed E-state index contributed by atoms with van der Waals surface area (Å²) in [4.78, 5) is 12.9. The molecule has 1 heterocycles. The molecule has 160 valence electrons. The van der Waals surface area contributed by atoms with Crippen LogP contribution in [0.4, 0.5) is 15.8 Å². The summed E-state index contributed by atoms with van der Waals surface area (Å²) in [5.74, 6) is -0.782. The highest BCUT2D eigenvalue weighted by atomic mass is 35.5. The highest BCUT2D eigenvalue weighted by Gasteiger charge is 2.37. The molecular formula is C22H18ClFN2O4S. The van der Waals surface area contributed by atoms with E-state index in [1.54, 1.807) is 18.2 Å². The van der Waals surface area contributed by atoms with Gasteiger partial charge in [0, 0.05) is 10.7 Å². The fourth-order valence-electron chi connectivity index (χ4n) is 3.18. The first-order chi connectivity index (χ1) is 14.7. The number of benzene rings is 3. The molecule has 4 rings (SSSR count). The van der Waals surface area contributed by atoms with Crippen molar-refractivity contribution in [2.75, 3.05) is 16.2 Å². The second-order valence-corrected chi connectivity index (χ2v) is 9.36. The van der Waals surface area contributed by atoms with Crippen molar-refractivity contribution in [1.29, 1.82) is 0 Å². The smallest absolute Gasteiger partial charge is 0.267 e.